The minimum absolute atomic E-state index is 0.555. The minimum atomic E-state index is 0.555. The number of para-hydroxylation sites is 2. The SMILES string of the molecule is C=Cc1cc(Cn2cnc3cnc(-n4cnc5ccccc54)nc32)cnc1C=C. The molecule has 5 aromatic rings. The first-order valence-electron chi connectivity index (χ1n) is 9.11. The fraction of sp³-hybridized carbons (Fsp3) is 0.0455. The third-order valence-corrected chi connectivity index (χ3v) is 4.79. The van der Waals surface area contributed by atoms with Crippen LogP contribution in [0.1, 0.15) is 16.8 Å². The highest BCUT2D eigenvalue weighted by atomic mass is 15.2. The first-order valence-corrected chi connectivity index (χ1v) is 9.11. The Morgan fingerprint density at radius 3 is 2.62 bits per heavy atom. The van der Waals surface area contributed by atoms with Gasteiger partial charge in [-0.05, 0) is 35.4 Å². The van der Waals surface area contributed by atoms with E-state index in [0.717, 1.165) is 39.0 Å². The third-order valence-electron chi connectivity index (χ3n) is 4.79. The maximum absolute atomic E-state index is 4.76. The lowest BCUT2D eigenvalue weighted by molar-refractivity contribution is 0.804. The first kappa shape index (κ1) is 17.0. The van der Waals surface area contributed by atoms with Gasteiger partial charge in [-0.3, -0.25) is 9.55 Å². The van der Waals surface area contributed by atoms with Crippen molar-refractivity contribution in [3.8, 4) is 5.95 Å². The molecule has 140 valence electrons. The van der Waals surface area contributed by atoms with Gasteiger partial charge in [0.25, 0.3) is 0 Å². The van der Waals surface area contributed by atoms with E-state index in [4.69, 9.17) is 4.98 Å². The smallest absolute Gasteiger partial charge is 0.237 e. The van der Waals surface area contributed by atoms with Crippen LogP contribution in [0, 0.1) is 0 Å². The predicted octanol–water partition coefficient (Wildman–Crippen LogP) is 3.89. The molecule has 1 aromatic carbocycles. The van der Waals surface area contributed by atoms with Gasteiger partial charge in [-0.1, -0.05) is 31.4 Å². The molecule has 0 aliphatic heterocycles. The zero-order chi connectivity index (χ0) is 19.8. The van der Waals surface area contributed by atoms with Crippen LogP contribution in [0.5, 0.6) is 0 Å². The van der Waals surface area contributed by atoms with Gasteiger partial charge in [-0.2, -0.15) is 4.98 Å². The molecule has 4 heterocycles. The van der Waals surface area contributed by atoms with Crippen molar-refractivity contribution < 1.29 is 0 Å². The molecule has 0 spiro atoms. The number of fused-ring (bicyclic) bond motifs is 2. The van der Waals surface area contributed by atoms with Crippen LogP contribution in [-0.4, -0.2) is 34.1 Å². The van der Waals surface area contributed by atoms with Gasteiger partial charge in [-0.15, -0.1) is 0 Å². The summed E-state index contributed by atoms with van der Waals surface area (Å²) < 4.78 is 3.86. The van der Waals surface area contributed by atoms with E-state index in [1.165, 1.54) is 0 Å². The van der Waals surface area contributed by atoms with Gasteiger partial charge >= 0.3 is 0 Å². The summed E-state index contributed by atoms with van der Waals surface area (Å²) in [6, 6.07) is 9.94. The summed E-state index contributed by atoms with van der Waals surface area (Å²) >= 11 is 0. The molecule has 0 saturated carbocycles. The van der Waals surface area contributed by atoms with Crippen molar-refractivity contribution in [2.75, 3.05) is 0 Å². The van der Waals surface area contributed by atoms with Crippen molar-refractivity contribution in [2.45, 2.75) is 6.54 Å². The highest BCUT2D eigenvalue weighted by Crippen LogP contribution is 2.19. The number of rotatable bonds is 5. The molecule has 5 rings (SSSR count). The first-order chi connectivity index (χ1) is 14.3. The Morgan fingerprint density at radius 1 is 0.897 bits per heavy atom. The molecule has 29 heavy (non-hydrogen) atoms. The largest absolute Gasteiger partial charge is 0.311 e. The second kappa shape index (κ2) is 6.79. The van der Waals surface area contributed by atoms with Crippen LogP contribution in [0.2, 0.25) is 0 Å². The Hall–Kier alpha value is -4.13. The number of hydrogen-bond acceptors (Lipinski definition) is 5. The summed E-state index contributed by atoms with van der Waals surface area (Å²) in [6.45, 7) is 8.23. The fourth-order valence-corrected chi connectivity index (χ4v) is 3.35. The molecular weight excluding hydrogens is 362 g/mol. The maximum Gasteiger partial charge on any atom is 0.237 e. The van der Waals surface area contributed by atoms with Crippen LogP contribution in [0.4, 0.5) is 0 Å². The van der Waals surface area contributed by atoms with Gasteiger partial charge < -0.3 is 4.57 Å². The highest BCUT2D eigenvalue weighted by Gasteiger charge is 2.11. The average Bonchev–Trinajstić information content (AvgIpc) is 3.37. The van der Waals surface area contributed by atoms with Crippen LogP contribution in [0.25, 0.3) is 40.3 Å². The Labute approximate surface area is 166 Å². The standard InChI is InChI=1S/C22H17N7/c1-3-16-9-15(10-23-17(16)4-2)12-28-13-25-19-11-24-22(27-21(19)28)29-14-26-18-7-5-6-8-20(18)29/h3-11,13-14H,1-2,12H2. The summed E-state index contributed by atoms with van der Waals surface area (Å²) in [5, 5.41) is 0. The highest BCUT2D eigenvalue weighted by molar-refractivity contribution is 5.77. The molecule has 0 amide bonds. The zero-order valence-electron chi connectivity index (χ0n) is 15.6. The van der Waals surface area contributed by atoms with E-state index in [-0.39, 0.29) is 0 Å². The molecule has 0 saturated heterocycles. The van der Waals surface area contributed by atoms with Crippen LogP contribution in [0.3, 0.4) is 0 Å². The van der Waals surface area contributed by atoms with E-state index in [0.29, 0.717) is 12.5 Å². The third kappa shape index (κ3) is 2.89. The normalized spacial score (nSPS) is 11.2. The molecule has 0 radical (unpaired) electrons. The van der Waals surface area contributed by atoms with Gasteiger partial charge in [0.15, 0.2) is 5.65 Å². The lowest BCUT2D eigenvalue weighted by atomic mass is 10.1. The monoisotopic (exact) mass is 379 g/mol. The summed E-state index contributed by atoms with van der Waals surface area (Å²) in [4.78, 5) is 22.5. The Bertz CT molecular complexity index is 1380. The van der Waals surface area contributed by atoms with E-state index in [1.54, 1.807) is 31.0 Å². The van der Waals surface area contributed by atoms with E-state index in [2.05, 4.69) is 33.1 Å². The topological polar surface area (TPSA) is 74.3 Å². The summed E-state index contributed by atoms with van der Waals surface area (Å²) in [5.41, 5.74) is 6.13. The van der Waals surface area contributed by atoms with Gasteiger partial charge in [-0.25, -0.2) is 15.0 Å². The van der Waals surface area contributed by atoms with Crippen molar-refractivity contribution in [1.29, 1.82) is 0 Å². The molecule has 0 N–H and O–H groups in total. The summed E-state index contributed by atoms with van der Waals surface area (Å²) in [6.07, 6.45) is 10.6. The quantitative estimate of drug-likeness (QED) is 0.463. The van der Waals surface area contributed by atoms with Gasteiger partial charge in [0.2, 0.25) is 5.95 Å². The van der Waals surface area contributed by atoms with Gasteiger partial charge in [0.05, 0.1) is 35.8 Å². The number of nitrogens with zero attached hydrogens (tertiary/aromatic N) is 7. The lowest BCUT2D eigenvalue weighted by Gasteiger charge is -2.08. The molecule has 4 aromatic heterocycles. The van der Waals surface area contributed by atoms with Crippen LogP contribution >= 0.6 is 0 Å². The molecular formula is C22H17N7. The second-order valence-electron chi connectivity index (χ2n) is 6.58. The van der Waals surface area contributed by atoms with E-state index >= 15 is 0 Å². The summed E-state index contributed by atoms with van der Waals surface area (Å²) in [5.74, 6) is 0.555. The lowest BCUT2D eigenvalue weighted by Crippen LogP contribution is -2.04. The van der Waals surface area contributed by atoms with E-state index in [9.17, 15) is 0 Å². The Kier molecular flexibility index (Phi) is 3.98. The van der Waals surface area contributed by atoms with Crippen LogP contribution in [-0.2, 0) is 6.54 Å². The Morgan fingerprint density at radius 2 is 1.76 bits per heavy atom. The van der Waals surface area contributed by atoms with Gasteiger partial charge in [0, 0.05) is 6.20 Å². The molecule has 0 fully saturated rings. The van der Waals surface area contributed by atoms with E-state index in [1.807, 2.05) is 45.7 Å². The van der Waals surface area contributed by atoms with Gasteiger partial charge in [0.1, 0.15) is 11.8 Å². The number of benzene rings is 1. The van der Waals surface area contributed by atoms with E-state index < -0.39 is 0 Å². The van der Waals surface area contributed by atoms with Crippen molar-refractivity contribution >= 4 is 34.3 Å². The van der Waals surface area contributed by atoms with Crippen molar-refractivity contribution in [3.63, 3.8) is 0 Å². The van der Waals surface area contributed by atoms with Crippen molar-refractivity contribution in [3.05, 3.63) is 85.4 Å². The number of pyridine rings is 1. The Balaban J connectivity index is 1.57. The molecule has 0 atom stereocenters. The van der Waals surface area contributed by atoms with Crippen molar-refractivity contribution in [2.24, 2.45) is 0 Å². The average molecular weight is 379 g/mol. The molecule has 0 bridgehead atoms. The molecule has 0 aliphatic carbocycles. The predicted molar refractivity (Wildman–Crippen MR) is 113 cm³/mol. The van der Waals surface area contributed by atoms with Crippen LogP contribution < -0.4 is 0 Å². The molecule has 0 unspecified atom stereocenters. The van der Waals surface area contributed by atoms with Crippen LogP contribution in [0.15, 0.2) is 68.5 Å². The zero-order valence-corrected chi connectivity index (χ0v) is 15.6. The number of imidazole rings is 2. The number of aromatic nitrogens is 7. The maximum atomic E-state index is 4.76. The number of hydrogen-bond donors (Lipinski definition) is 0. The second-order valence-corrected chi connectivity index (χ2v) is 6.58. The molecule has 7 nitrogen and oxygen atoms in total. The molecule has 7 heteroatoms. The van der Waals surface area contributed by atoms with Crippen molar-refractivity contribution in [1.82, 2.24) is 34.1 Å². The summed E-state index contributed by atoms with van der Waals surface area (Å²) in [7, 11) is 0. The minimum Gasteiger partial charge on any atom is -0.311 e. The fourth-order valence-electron chi connectivity index (χ4n) is 3.35. The molecule has 0 aliphatic rings.